The number of fused-ring (bicyclic) bond motifs is 1. The molecule has 1 aliphatic heterocycles. The molecule has 1 nitrogen and oxygen atoms in total. The quantitative estimate of drug-likeness (QED) is 0.486. The minimum absolute atomic E-state index is 1.01. The summed E-state index contributed by atoms with van der Waals surface area (Å²) in [5.74, 6) is 0. The Morgan fingerprint density at radius 1 is 1.10 bits per heavy atom. The lowest BCUT2D eigenvalue weighted by Crippen LogP contribution is -2.05. The molecular formula is C9H9N. The molecule has 10 heavy (non-hydrogen) atoms. The molecule has 0 spiro atoms. The van der Waals surface area contributed by atoms with Crippen molar-refractivity contribution < 1.29 is 0 Å². The van der Waals surface area contributed by atoms with Gasteiger partial charge < -0.3 is 5.32 Å². The summed E-state index contributed by atoms with van der Waals surface area (Å²) in [6, 6.07) is 0. The Morgan fingerprint density at radius 3 is 2.30 bits per heavy atom. The van der Waals surface area contributed by atoms with Crippen LogP contribution in [0.2, 0.25) is 0 Å². The predicted molar refractivity (Wildman–Crippen MR) is 41.7 cm³/mol. The highest BCUT2D eigenvalue weighted by molar-refractivity contribution is 5.43. The van der Waals surface area contributed by atoms with E-state index in [4.69, 9.17) is 0 Å². The number of rotatable bonds is 0. The van der Waals surface area contributed by atoms with Crippen molar-refractivity contribution in [2.24, 2.45) is 0 Å². The molecule has 1 fully saturated rings. The number of hydrogen-bond donors (Lipinski definition) is 1. The summed E-state index contributed by atoms with van der Waals surface area (Å²) < 4.78 is 0. The topological polar surface area (TPSA) is 12.0 Å². The number of hydrogen-bond acceptors (Lipinski definition) is 1. The second-order valence-electron chi connectivity index (χ2n) is 2.49. The molecule has 0 atom stereocenters. The van der Waals surface area contributed by atoms with Gasteiger partial charge in [-0.15, -0.1) is 5.73 Å². The van der Waals surface area contributed by atoms with E-state index in [1.807, 2.05) is 12.2 Å². The number of allylic oxidation sites excluding steroid dienone is 3. The van der Waals surface area contributed by atoms with Crippen LogP contribution < -0.4 is 5.32 Å². The summed E-state index contributed by atoms with van der Waals surface area (Å²) in [4.78, 5) is 0. The fraction of sp³-hybridized carbons (Fsp3) is 0.222. The molecule has 0 aromatic rings. The molecule has 0 bridgehead atoms. The molecule has 2 rings (SSSR count). The number of nitrogens with one attached hydrogen (secondary N) is 1. The second kappa shape index (κ2) is 2.30. The first-order chi connectivity index (χ1) is 4.97. The first-order valence-corrected chi connectivity index (χ1v) is 3.49. The maximum absolute atomic E-state index is 3.29. The van der Waals surface area contributed by atoms with E-state index in [0.717, 1.165) is 13.1 Å². The molecule has 1 aliphatic carbocycles. The van der Waals surface area contributed by atoms with Crippen molar-refractivity contribution >= 4 is 0 Å². The van der Waals surface area contributed by atoms with Gasteiger partial charge in [0.1, 0.15) is 0 Å². The Labute approximate surface area is 60.4 Å². The lowest BCUT2D eigenvalue weighted by Gasteiger charge is -1.92. The first-order valence-electron chi connectivity index (χ1n) is 3.49. The molecule has 0 radical (unpaired) electrons. The Bertz CT molecular complexity index is 238. The van der Waals surface area contributed by atoms with Crippen LogP contribution >= 0.6 is 0 Å². The molecule has 0 aromatic carbocycles. The average Bonchev–Trinajstić information content (AvgIpc) is 2.28. The van der Waals surface area contributed by atoms with E-state index >= 15 is 0 Å². The van der Waals surface area contributed by atoms with E-state index in [9.17, 15) is 0 Å². The summed E-state index contributed by atoms with van der Waals surface area (Å²) in [6.45, 7) is 2.02. The Hall–Kier alpha value is -1.04. The average molecular weight is 131 g/mol. The highest BCUT2D eigenvalue weighted by atomic mass is 14.9. The summed E-state index contributed by atoms with van der Waals surface area (Å²) in [6.07, 6.45) is 8.17. The van der Waals surface area contributed by atoms with Gasteiger partial charge in [-0.25, -0.2) is 0 Å². The molecule has 1 saturated heterocycles. The lowest BCUT2D eigenvalue weighted by atomic mass is 10.1. The molecular weight excluding hydrogens is 122 g/mol. The fourth-order valence-corrected chi connectivity index (χ4v) is 1.24. The molecule has 0 saturated carbocycles. The van der Waals surface area contributed by atoms with Crippen LogP contribution in [-0.4, -0.2) is 13.1 Å². The van der Waals surface area contributed by atoms with Crippen molar-refractivity contribution in [2.45, 2.75) is 0 Å². The van der Waals surface area contributed by atoms with Gasteiger partial charge in [-0.1, -0.05) is 0 Å². The van der Waals surface area contributed by atoms with Crippen LogP contribution in [0, 0.1) is 0 Å². The highest BCUT2D eigenvalue weighted by Crippen LogP contribution is 2.15. The van der Waals surface area contributed by atoms with Crippen LogP contribution in [0.15, 0.2) is 41.2 Å². The zero-order valence-electron chi connectivity index (χ0n) is 5.72. The van der Waals surface area contributed by atoms with Crippen molar-refractivity contribution in [2.75, 3.05) is 13.1 Å². The van der Waals surface area contributed by atoms with Crippen LogP contribution in [0.5, 0.6) is 0 Å². The maximum atomic E-state index is 3.29. The van der Waals surface area contributed by atoms with Crippen molar-refractivity contribution in [3.05, 3.63) is 41.2 Å². The zero-order chi connectivity index (χ0) is 6.81. The summed E-state index contributed by atoms with van der Waals surface area (Å²) in [5.41, 5.74) is 5.85. The van der Waals surface area contributed by atoms with Crippen LogP contribution in [0.1, 0.15) is 0 Å². The molecule has 1 N–H and O–H groups in total. The normalized spacial score (nSPS) is 21.6. The van der Waals surface area contributed by atoms with Gasteiger partial charge in [0.25, 0.3) is 0 Å². The SMILES string of the molecule is C1=CC=C2CNCC2=CC=1. The van der Waals surface area contributed by atoms with E-state index in [-0.39, 0.29) is 0 Å². The summed E-state index contributed by atoms with van der Waals surface area (Å²) >= 11 is 0. The molecule has 1 heteroatoms. The van der Waals surface area contributed by atoms with E-state index < -0.39 is 0 Å². The van der Waals surface area contributed by atoms with Gasteiger partial charge >= 0.3 is 0 Å². The first kappa shape index (κ1) is 5.72. The Balaban J connectivity index is 2.43. The summed E-state index contributed by atoms with van der Waals surface area (Å²) in [5, 5.41) is 3.29. The second-order valence-corrected chi connectivity index (χ2v) is 2.49. The minimum Gasteiger partial charge on any atom is -0.309 e. The third kappa shape index (κ3) is 0.860. The molecule has 2 aliphatic rings. The Kier molecular flexibility index (Phi) is 1.31. The molecule has 0 amide bonds. The molecule has 0 unspecified atom stereocenters. The minimum atomic E-state index is 1.01. The van der Waals surface area contributed by atoms with Crippen molar-refractivity contribution in [3.63, 3.8) is 0 Å². The van der Waals surface area contributed by atoms with Crippen LogP contribution in [-0.2, 0) is 0 Å². The Morgan fingerprint density at radius 2 is 1.70 bits per heavy atom. The van der Waals surface area contributed by atoms with Gasteiger partial charge in [-0.3, -0.25) is 0 Å². The lowest BCUT2D eigenvalue weighted by molar-refractivity contribution is 0.895. The van der Waals surface area contributed by atoms with Crippen LogP contribution in [0.25, 0.3) is 0 Å². The molecule has 1 heterocycles. The van der Waals surface area contributed by atoms with Gasteiger partial charge in [0, 0.05) is 13.1 Å². The standard InChI is InChI=1S/C9H9N/c1-2-4-8-6-10-7-9(8)5-3-1/h2-5,10H,6-7H2. The zero-order valence-corrected chi connectivity index (χ0v) is 5.72. The fourth-order valence-electron chi connectivity index (χ4n) is 1.24. The third-order valence-electron chi connectivity index (χ3n) is 1.80. The molecule has 50 valence electrons. The van der Waals surface area contributed by atoms with Crippen molar-refractivity contribution in [1.29, 1.82) is 0 Å². The monoisotopic (exact) mass is 131 g/mol. The van der Waals surface area contributed by atoms with Gasteiger partial charge in [0.05, 0.1) is 0 Å². The van der Waals surface area contributed by atoms with Crippen molar-refractivity contribution in [3.8, 4) is 0 Å². The van der Waals surface area contributed by atoms with Gasteiger partial charge in [-0.05, 0) is 35.5 Å². The van der Waals surface area contributed by atoms with Crippen LogP contribution in [0.3, 0.4) is 0 Å². The van der Waals surface area contributed by atoms with Gasteiger partial charge in [-0.2, -0.15) is 0 Å². The smallest absolute Gasteiger partial charge is 0.0212 e. The highest BCUT2D eigenvalue weighted by Gasteiger charge is 2.10. The van der Waals surface area contributed by atoms with Crippen LogP contribution in [0.4, 0.5) is 0 Å². The van der Waals surface area contributed by atoms with Gasteiger partial charge in [0.2, 0.25) is 0 Å². The third-order valence-corrected chi connectivity index (χ3v) is 1.80. The van der Waals surface area contributed by atoms with E-state index in [2.05, 4.69) is 23.2 Å². The summed E-state index contributed by atoms with van der Waals surface area (Å²) in [7, 11) is 0. The van der Waals surface area contributed by atoms with E-state index in [0.29, 0.717) is 0 Å². The van der Waals surface area contributed by atoms with Gasteiger partial charge in [0.15, 0.2) is 0 Å². The predicted octanol–water partition coefficient (Wildman–Crippen LogP) is 1.17. The van der Waals surface area contributed by atoms with E-state index in [1.54, 1.807) is 0 Å². The largest absolute Gasteiger partial charge is 0.309 e. The molecule has 0 aromatic heterocycles. The van der Waals surface area contributed by atoms with E-state index in [1.165, 1.54) is 11.1 Å². The maximum Gasteiger partial charge on any atom is 0.0212 e. The van der Waals surface area contributed by atoms with Crippen molar-refractivity contribution in [1.82, 2.24) is 5.32 Å².